The van der Waals surface area contributed by atoms with Crippen molar-refractivity contribution < 1.29 is 14.6 Å². The van der Waals surface area contributed by atoms with E-state index < -0.39 is 5.97 Å². The fourth-order valence-electron chi connectivity index (χ4n) is 1.86. The normalized spacial score (nSPS) is 15.8. The summed E-state index contributed by atoms with van der Waals surface area (Å²) in [6.07, 6.45) is 0.170. The molecule has 0 aromatic heterocycles. The lowest BCUT2D eigenvalue weighted by Gasteiger charge is -2.17. The van der Waals surface area contributed by atoms with Gasteiger partial charge in [-0.25, -0.2) is 0 Å². The van der Waals surface area contributed by atoms with Gasteiger partial charge in [0.2, 0.25) is 0 Å². The summed E-state index contributed by atoms with van der Waals surface area (Å²) in [4.78, 5) is 12.7. The van der Waals surface area contributed by atoms with Gasteiger partial charge in [-0.3, -0.25) is 9.69 Å². The van der Waals surface area contributed by atoms with Crippen LogP contribution >= 0.6 is 15.9 Å². The maximum Gasteiger partial charge on any atom is 0.304 e. The molecule has 0 bridgehead atoms. The first-order valence-corrected chi connectivity index (χ1v) is 6.30. The minimum atomic E-state index is -0.760. The Labute approximate surface area is 108 Å². The molecule has 0 radical (unpaired) electrons. The van der Waals surface area contributed by atoms with Crippen LogP contribution in [0, 0.1) is 0 Å². The Morgan fingerprint density at radius 3 is 3.12 bits per heavy atom. The van der Waals surface area contributed by atoms with Crippen LogP contribution in [-0.4, -0.2) is 35.7 Å². The molecule has 1 aromatic rings. The van der Waals surface area contributed by atoms with Gasteiger partial charge in [0.15, 0.2) is 0 Å². The van der Waals surface area contributed by atoms with Crippen molar-refractivity contribution in [2.75, 3.05) is 19.7 Å². The molecule has 1 aromatic carbocycles. The molecule has 0 unspecified atom stereocenters. The Balaban J connectivity index is 2.07. The van der Waals surface area contributed by atoms with Crippen molar-refractivity contribution in [3.8, 4) is 5.75 Å². The number of fused-ring (bicyclic) bond motifs is 1. The van der Waals surface area contributed by atoms with Gasteiger partial charge in [0.1, 0.15) is 12.4 Å². The lowest BCUT2D eigenvalue weighted by molar-refractivity contribution is -0.137. The second-order valence-electron chi connectivity index (χ2n) is 4.02. The molecular formula is C12H14BrNO3. The molecule has 0 amide bonds. The summed E-state index contributed by atoms with van der Waals surface area (Å²) >= 11 is 3.43. The zero-order valence-corrected chi connectivity index (χ0v) is 10.9. The fourth-order valence-corrected chi connectivity index (χ4v) is 2.27. The van der Waals surface area contributed by atoms with Crippen LogP contribution in [0.4, 0.5) is 0 Å². The van der Waals surface area contributed by atoms with Gasteiger partial charge in [0.25, 0.3) is 0 Å². The summed E-state index contributed by atoms with van der Waals surface area (Å²) in [7, 11) is 0. The number of ether oxygens (including phenoxy) is 1. The Hall–Kier alpha value is -1.07. The van der Waals surface area contributed by atoms with Crippen molar-refractivity contribution in [3.05, 3.63) is 28.2 Å². The first-order chi connectivity index (χ1) is 8.15. The second-order valence-corrected chi connectivity index (χ2v) is 4.94. The molecule has 0 saturated heterocycles. The topological polar surface area (TPSA) is 49.8 Å². The molecule has 0 fully saturated rings. The van der Waals surface area contributed by atoms with Crippen LogP contribution < -0.4 is 4.74 Å². The van der Waals surface area contributed by atoms with Crippen LogP contribution in [0.15, 0.2) is 22.7 Å². The summed E-state index contributed by atoms with van der Waals surface area (Å²) in [6, 6.07) is 5.92. The minimum Gasteiger partial charge on any atom is -0.492 e. The van der Waals surface area contributed by atoms with Crippen LogP contribution in [0.25, 0.3) is 0 Å². The highest BCUT2D eigenvalue weighted by atomic mass is 79.9. The Morgan fingerprint density at radius 2 is 2.35 bits per heavy atom. The van der Waals surface area contributed by atoms with Crippen LogP contribution in [0.3, 0.4) is 0 Å². The summed E-state index contributed by atoms with van der Waals surface area (Å²) in [6.45, 7) is 2.67. The minimum absolute atomic E-state index is 0.170. The van der Waals surface area contributed by atoms with Crippen molar-refractivity contribution in [2.24, 2.45) is 0 Å². The third-order valence-electron chi connectivity index (χ3n) is 2.72. The molecule has 0 saturated carbocycles. The highest BCUT2D eigenvalue weighted by Gasteiger charge is 2.16. The predicted molar refractivity (Wildman–Crippen MR) is 67.2 cm³/mol. The number of carboxylic acid groups (broad SMARTS) is 1. The molecule has 1 aliphatic heterocycles. The molecule has 1 N–H and O–H groups in total. The van der Waals surface area contributed by atoms with Gasteiger partial charge in [-0.15, -0.1) is 0 Å². The predicted octanol–water partition coefficient (Wildman–Crippen LogP) is 2.12. The highest BCUT2D eigenvalue weighted by Crippen LogP contribution is 2.26. The molecule has 1 heterocycles. The number of carbonyl (C=O) groups is 1. The molecular weight excluding hydrogens is 286 g/mol. The largest absolute Gasteiger partial charge is 0.492 e. The van der Waals surface area contributed by atoms with Crippen LogP contribution in [0.2, 0.25) is 0 Å². The number of carboxylic acids is 1. The number of hydrogen-bond acceptors (Lipinski definition) is 3. The summed E-state index contributed by atoms with van der Waals surface area (Å²) in [5.74, 6) is 0.135. The average molecular weight is 300 g/mol. The maximum atomic E-state index is 10.6. The second kappa shape index (κ2) is 5.51. The smallest absolute Gasteiger partial charge is 0.304 e. The monoisotopic (exact) mass is 299 g/mol. The molecule has 2 rings (SSSR count). The SMILES string of the molecule is O=C(O)CCN1CCOc2ccc(Br)cc2C1. The van der Waals surface area contributed by atoms with Gasteiger partial charge >= 0.3 is 5.97 Å². The van der Waals surface area contributed by atoms with Gasteiger partial charge in [-0.1, -0.05) is 15.9 Å². The summed E-state index contributed by atoms with van der Waals surface area (Å²) in [5.41, 5.74) is 1.10. The molecule has 1 aliphatic rings. The molecule has 0 atom stereocenters. The summed E-state index contributed by atoms with van der Waals surface area (Å²) < 4.78 is 6.64. The van der Waals surface area contributed by atoms with E-state index in [0.29, 0.717) is 13.2 Å². The fraction of sp³-hybridized carbons (Fsp3) is 0.417. The van der Waals surface area contributed by atoms with Crippen LogP contribution in [-0.2, 0) is 11.3 Å². The maximum absolute atomic E-state index is 10.6. The first-order valence-electron chi connectivity index (χ1n) is 5.50. The van der Waals surface area contributed by atoms with E-state index in [0.717, 1.165) is 28.9 Å². The molecule has 5 heteroatoms. The Kier molecular flexibility index (Phi) is 4.02. The van der Waals surface area contributed by atoms with E-state index in [1.807, 2.05) is 18.2 Å². The number of rotatable bonds is 3. The zero-order chi connectivity index (χ0) is 12.3. The zero-order valence-electron chi connectivity index (χ0n) is 9.36. The van der Waals surface area contributed by atoms with E-state index in [2.05, 4.69) is 20.8 Å². The summed E-state index contributed by atoms with van der Waals surface area (Å²) in [5, 5.41) is 8.69. The van der Waals surface area contributed by atoms with Gasteiger partial charge in [0.05, 0.1) is 6.42 Å². The van der Waals surface area contributed by atoms with Crippen LogP contribution in [0.1, 0.15) is 12.0 Å². The molecule has 0 aliphatic carbocycles. The average Bonchev–Trinajstić information content (AvgIpc) is 2.47. The van der Waals surface area contributed by atoms with E-state index in [4.69, 9.17) is 9.84 Å². The van der Waals surface area contributed by atoms with Crippen molar-refractivity contribution in [3.63, 3.8) is 0 Å². The quantitative estimate of drug-likeness (QED) is 0.929. The standard InChI is InChI=1S/C12H14BrNO3/c13-10-1-2-11-9(7-10)8-14(5-6-17-11)4-3-12(15)16/h1-2,7H,3-6,8H2,(H,15,16). The van der Waals surface area contributed by atoms with Gasteiger partial charge < -0.3 is 9.84 Å². The Bertz CT molecular complexity index is 422. The van der Waals surface area contributed by atoms with Crippen molar-refractivity contribution in [1.29, 1.82) is 0 Å². The lowest BCUT2D eigenvalue weighted by Crippen LogP contribution is -2.28. The van der Waals surface area contributed by atoms with E-state index in [-0.39, 0.29) is 6.42 Å². The van der Waals surface area contributed by atoms with Crippen molar-refractivity contribution in [1.82, 2.24) is 4.90 Å². The molecule has 17 heavy (non-hydrogen) atoms. The van der Waals surface area contributed by atoms with E-state index in [1.54, 1.807) is 0 Å². The third kappa shape index (κ3) is 3.44. The lowest BCUT2D eigenvalue weighted by atomic mass is 10.2. The van der Waals surface area contributed by atoms with E-state index >= 15 is 0 Å². The first kappa shape index (κ1) is 12.4. The van der Waals surface area contributed by atoms with E-state index in [9.17, 15) is 4.79 Å². The van der Waals surface area contributed by atoms with E-state index in [1.165, 1.54) is 0 Å². The number of benzene rings is 1. The van der Waals surface area contributed by atoms with Crippen molar-refractivity contribution in [2.45, 2.75) is 13.0 Å². The number of halogens is 1. The highest BCUT2D eigenvalue weighted by molar-refractivity contribution is 9.10. The van der Waals surface area contributed by atoms with Gasteiger partial charge in [-0.05, 0) is 18.2 Å². The van der Waals surface area contributed by atoms with Gasteiger partial charge in [-0.2, -0.15) is 0 Å². The molecule has 0 spiro atoms. The number of nitrogens with zero attached hydrogens (tertiary/aromatic N) is 1. The Morgan fingerprint density at radius 1 is 1.53 bits per heavy atom. The number of hydrogen-bond donors (Lipinski definition) is 1. The van der Waals surface area contributed by atoms with Crippen molar-refractivity contribution >= 4 is 21.9 Å². The van der Waals surface area contributed by atoms with Gasteiger partial charge in [0, 0.05) is 29.7 Å². The van der Waals surface area contributed by atoms with Crippen LogP contribution in [0.5, 0.6) is 5.75 Å². The third-order valence-corrected chi connectivity index (χ3v) is 3.22. The molecule has 4 nitrogen and oxygen atoms in total. The molecule has 92 valence electrons. The number of aliphatic carboxylic acids is 1.